The molecule has 0 saturated carbocycles. The van der Waals surface area contributed by atoms with Gasteiger partial charge >= 0.3 is 11.9 Å². The first-order chi connectivity index (χ1) is 16.6. The summed E-state index contributed by atoms with van der Waals surface area (Å²) in [4.78, 5) is 38.0. The number of carbonyl (C=O) groups is 2. The van der Waals surface area contributed by atoms with E-state index in [2.05, 4.69) is 0 Å². The first kappa shape index (κ1) is 24.8. The molecule has 0 N–H and O–H groups in total. The van der Waals surface area contributed by atoms with Crippen molar-refractivity contribution in [1.29, 1.82) is 0 Å². The molecule has 186 valence electrons. The number of benzene rings is 2. The van der Waals surface area contributed by atoms with Crippen LogP contribution in [0.3, 0.4) is 0 Å². The maximum Gasteiger partial charge on any atom is 0.338 e. The molecule has 4 rings (SSSR count). The predicted molar refractivity (Wildman–Crippen MR) is 121 cm³/mol. The van der Waals surface area contributed by atoms with Crippen molar-refractivity contribution < 1.29 is 38.2 Å². The number of nitrogens with zero attached hydrogens (tertiary/aromatic N) is 1. The molecule has 0 bridgehead atoms. The number of carbonyl (C=O) groups excluding carboxylic acids is 2. The van der Waals surface area contributed by atoms with Crippen molar-refractivity contribution in [3.63, 3.8) is 0 Å². The lowest BCUT2D eigenvalue weighted by Gasteiger charge is -2.50. The highest BCUT2D eigenvalue weighted by molar-refractivity contribution is 5.85. The number of fused-ring (bicyclic) bond motifs is 1. The second kappa shape index (κ2) is 9.37. The zero-order chi connectivity index (χ0) is 25.4. The Morgan fingerprint density at radius 2 is 1.60 bits per heavy atom. The smallest absolute Gasteiger partial charge is 0.338 e. The van der Waals surface area contributed by atoms with Gasteiger partial charge in [0.2, 0.25) is 12.3 Å². The molecule has 1 saturated heterocycles. The van der Waals surface area contributed by atoms with E-state index in [4.69, 9.17) is 23.7 Å². The summed E-state index contributed by atoms with van der Waals surface area (Å²) >= 11 is 0. The van der Waals surface area contributed by atoms with Crippen LogP contribution in [-0.2, 0) is 28.5 Å². The second-order valence-electron chi connectivity index (χ2n) is 8.80. The quantitative estimate of drug-likeness (QED) is 0.252. The number of para-hydroxylation sites is 1. The molecule has 10 heteroatoms. The summed E-state index contributed by atoms with van der Waals surface area (Å²) in [5.41, 5.74) is 1.07. The average Bonchev–Trinajstić information content (AvgIpc) is 2.85. The second-order valence-corrected chi connectivity index (χ2v) is 8.80. The van der Waals surface area contributed by atoms with Crippen LogP contribution in [0.25, 0.3) is 0 Å². The number of rotatable bonds is 7. The van der Waals surface area contributed by atoms with E-state index in [0.29, 0.717) is 11.1 Å². The molecule has 10 nitrogen and oxygen atoms in total. The lowest BCUT2D eigenvalue weighted by molar-refractivity contribution is -0.485. The van der Waals surface area contributed by atoms with Gasteiger partial charge in [-0.1, -0.05) is 48.5 Å². The van der Waals surface area contributed by atoms with Crippen molar-refractivity contribution >= 4 is 11.9 Å². The lowest BCUT2D eigenvalue weighted by atomic mass is 9.70. The Balaban J connectivity index is 1.87. The van der Waals surface area contributed by atoms with Gasteiger partial charge in [0.1, 0.15) is 5.75 Å². The zero-order valence-corrected chi connectivity index (χ0v) is 19.8. The summed E-state index contributed by atoms with van der Waals surface area (Å²) in [5.74, 6) is -7.31. The van der Waals surface area contributed by atoms with Crippen molar-refractivity contribution in [2.75, 3.05) is 20.8 Å². The Morgan fingerprint density at radius 1 is 0.971 bits per heavy atom. The van der Waals surface area contributed by atoms with Crippen LogP contribution in [-0.4, -0.2) is 55.3 Å². The van der Waals surface area contributed by atoms with E-state index < -0.39 is 58.8 Å². The van der Waals surface area contributed by atoms with Crippen LogP contribution < -0.4 is 4.74 Å². The lowest BCUT2D eigenvalue weighted by Crippen LogP contribution is -2.65. The summed E-state index contributed by atoms with van der Waals surface area (Å²) in [6, 6.07) is 15.4. The summed E-state index contributed by atoms with van der Waals surface area (Å²) in [7, 11) is 2.74. The number of nitro groups is 1. The van der Waals surface area contributed by atoms with Crippen LogP contribution in [0.15, 0.2) is 54.6 Å². The molecule has 2 aromatic rings. The monoisotopic (exact) mass is 485 g/mol. The predicted octanol–water partition coefficient (Wildman–Crippen LogP) is 3.03. The van der Waals surface area contributed by atoms with Gasteiger partial charge in [-0.15, -0.1) is 0 Å². The topological polar surface area (TPSA) is 123 Å². The van der Waals surface area contributed by atoms with E-state index in [-0.39, 0.29) is 5.75 Å². The largest absolute Gasteiger partial charge is 0.426 e. The van der Waals surface area contributed by atoms with Crippen molar-refractivity contribution in [2.45, 2.75) is 43.4 Å². The SMILES string of the molecule is CO[C@@]1(C)OC(=O)[C@@H]([C@H]2c3ccccc3OC(=O)[C@@H]2[C@@H](C[N+](=O)[O-])c2ccccc2)O[C@]1(C)OC. The van der Waals surface area contributed by atoms with Crippen LogP contribution in [0.2, 0.25) is 0 Å². The zero-order valence-electron chi connectivity index (χ0n) is 19.8. The molecule has 0 spiro atoms. The minimum atomic E-state index is -1.57. The molecular weight excluding hydrogens is 458 g/mol. The minimum Gasteiger partial charge on any atom is -0.426 e. The van der Waals surface area contributed by atoms with Crippen LogP contribution in [0, 0.1) is 16.0 Å². The highest BCUT2D eigenvalue weighted by atomic mass is 16.8. The van der Waals surface area contributed by atoms with Gasteiger partial charge in [-0.25, -0.2) is 4.79 Å². The molecule has 6 atom stereocenters. The van der Waals surface area contributed by atoms with Gasteiger partial charge in [0, 0.05) is 37.5 Å². The normalized spacial score (nSPS) is 31.1. The van der Waals surface area contributed by atoms with Crippen molar-refractivity contribution in [1.82, 2.24) is 0 Å². The Kier molecular flexibility index (Phi) is 6.63. The molecule has 0 amide bonds. The Bertz CT molecular complexity index is 1120. The van der Waals surface area contributed by atoms with Crippen LogP contribution in [0.5, 0.6) is 5.75 Å². The third-order valence-electron chi connectivity index (χ3n) is 6.96. The van der Waals surface area contributed by atoms with Gasteiger partial charge in [-0.05, 0) is 18.6 Å². The fourth-order valence-electron chi connectivity index (χ4n) is 4.84. The molecular formula is C25H27NO9. The van der Waals surface area contributed by atoms with Gasteiger partial charge in [0.25, 0.3) is 5.79 Å². The number of hydrogen-bond donors (Lipinski definition) is 0. The minimum absolute atomic E-state index is 0.252. The standard InChI is InChI=1S/C25H27NO9/c1-24(31-3)25(2,32-4)35-23(28)21(34-24)19-16-12-8-9-13-18(16)33-22(27)20(19)17(14-26(29)30)15-10-6-5-7-11-15/h5-13,17,19-21H,14H2,1-4H3/t17-,19-,20+,21+,24-,25-/m0/s1. The van der Waals surface area contributed by atoms with Gasteiger partial charge < -0.3 is 23.7 Å². The van der Waals surface area contributed by atoms with Gasteiger partial charge in [-0.2, -0.15) is 0 Å². The van der Waals surface area contributed by atoms with E-state index in [1.54, 1.807) is 61.5 Å². The number of ether oxygens (including phenoxy) is 5. The van der Waals surface area contributed by atoms with E-state index >= 15 is 0 Å². The first-order valence-electron chi connectivity index (χ1n) is 11.1. The molecule has 0 radical (unpaired) electrons. The molecule has 0 aliphatic carbocycles. The van der Waals surface area contributed by atoms with Gasteiger partial charge in [-0.3, -0.25) is 14.9 Å². The van der Waals surface area contributed by atoms with Crippen LogP contribution in [0.4, 0.5) is 0 Å². The Labute approximate surface area is 202 Å². The summed E-state index contributed by atoms with van der Waals surface area (Å²) in [5, 5.41) is 11.7. The number of esters is 2. The van der Waals surface area contributed by atoms with Gasteiger partial charge in [0.05, 0.1) is 11.8 Å². The number of methoxy groups -OCH3 is 2. The van der Waals surface area contributed by atoms with E-state index in [1.165, 1.54) is 21.1 Å². The first-order valence-corrected chi connectivity index (χ1v) is 11.1. The molecule has 0 aromatic heterocycles. The maximum atomic E-state index is 13.4. The van der Waals surface area contributed by atoms with E-state index in [0.717, 1.165) is 0 Å². The van der Waals surface area contributed by atoms with Gasteiger partial charge in [0.15, 0.2) is 6.10 Å². The molecule has 2 heterocycles. The number of hydrogen-bond acceptors (Lipinski definition) is 9. The van der Waals surface area contributed by atoms with Crippen LogP contribution in [0.1, 0.15) is 36.8 Å². The third-order valence-corrected chi connectivity index (χ3v) is 6.96. The van der Waals surface area contributed by atoms with Crippen molar-refractivity contribution in [3.8, 4) is 5.75 Å². The summed E-state index contributed by atoms with van der Waals surface area (Å²) < 4.78 is 28.4. The highest BCUT2D eigenvalue weighted by Gasteiger charge is 2.61. The number of cyclic esters (lactones) is 1. The molecule has 0 unspecified atom stereocenters. The average molecular weight is 485 g/mol. The Hall–Kier alpha value is -3.34. The molecule has 2 aliphatic heterocycles. The molecule has 2 aliphatic rings. The Morgan fingerprint density at radius 3 is 2.23 bits per heavy atom. The molecule has 1 fully saturated rings. The highest BCUT2D eigenvalue weighted by Crippen LogP contribution is 2.50. The molecule has 2 aromatic carbocycles. The van der Waals surface area contributed by atoms with Crippen molar-refractivity contribution in [3.05, 3.63) is 75.8 Å². The third kappa shape index (κ3) is 4.29. The fraction of sp³-hybridized carbons (Fsp3) is 0.440. The maximum absolute atomic E-state index is 13.4. The van der Waals surface area contributed by atoms with Crippen molar-refractivity contribution in [2.24, 2.45) is 5.92 Å². The van der Waals surface area contributed by atoms with Crippen LogP contribution >= 0.6 is 0 Å². The molecule has 35 heavy (non-hydrogen) atoms. The fourth-order valence-corrected chi connectivity index (χ4v) is 4.84. The summed E-state index contributed by atoms with van der Waals surface area (Å²) in [6.07, 6.45) is -1.33. The van der Waals surface area contributed by atoms with E-state index in [1.807, 2.05) is 0 Å². The summed E-state index contributed by atoms with van der Waals surface area (Å²) in [6.45, 7) is 2.51. The van der Waals surface area contributed by atoms with E-state index in [9.17, 15) is 19.7 Å².